The number of aliphatic hydroxyl groups excluding tert-OH is 1. The minimum Gasteiger partial charge on any atom is -0.392 e. The first-order chi connectivity index (χ1) is 17.8. The summed E-state index contributed by atoms with van der Waals surface area (Å²) in [5.41, 5.74) is 7.66. The second-order valence-corrected chi connectivity index (χ2v) is 10.3. The van der Waals surface area contributed by atoms with E-state index >= 15 is 0 Å². The lowest BCUT2D eigenvalue weighted by atomic mass is 9.84. The number of ether oxygens (including phenoxy) is 1. The molecule has 1 aliphatic carbocycles. The van der Waals surface area contributed by atoms with E-state index in [2.05, 4.69) is 17.9 Å². The van der Waals surface area contributed by atoms with Crippen LogP contribution in [-0.2, 0) is 16.1 Å². The molecular weight excluding hydrogens is 462 g/mol. The van der Waals surface area contributed by atoms with Crippen molar-refractivity contribution >= 4 is 17.3 Å². The van der Waals surface area contributed by atoms with Crippen molar-refractivity contribution in [3.63, 3.8) is 0 Å². The second-order valence-electron chi connectivity index (χ2n) is 10.3. The monoisotopic (exact) mass is 501 g/mol. The van der Waals surface area contributed by atoms with Crippen molar-refractivity contribution in [1.29, 1.82) is 0 Å². The molecule has 1 atom stereocenters. The van der Waals surface area contributed by atoms with Gasteiger partial charge in [0, 0.05) is 49.4 Å². The van der Waals surface area contributed by atoms with E-state index < -0.39 is 0 Å². The number of allylic oxidation sites excluding steroid dienone is 4. The van der Waals surface area contributed by atoms with E-state index in [4.69, 9.17) is 4.74 Å². The number of hydrogen-bond acceptors (Lipinski definition) is 5. The molecule has 0 bridgehead atoms. The first-order valence-corrected chi connectivity index (χ1v) is 13.4. The van der Waals surface area contributed by atoms with Crippen molar-refractivity contribution in [3.8, 4) is 11.1 Å². The van der Waals surface area contributed by atoms with Gasteiger partial charge in [0.25, 0.3) is 0 Å². The number of anilines is 1. The van der Waals surface area contributed by atoms with Gasteiger partial charge in [0.1, 0.15) is 0 Å². The Morgan fingerprint density at radius 2 is 1.73 bits per heavy atom. The summed E-state index contributed by atoms with van der Waals surface area (Å²) in [4.78, 5) is 28.7. The zero-order valence-corrected chi connectivity index (χ0v) is 22.5. The molecule has 1 aliphatic heterocycles. The second kappa shape index (κ2) is 12.0. The summed E-state index contributed by atoms with van der Waals surface area (Å²) in [5.74, 6) is -0.0596. The summed E-state index contributed by atoms with van der Waals surface area (Å²) < 4.78 is 5.61. The lowest BCUT2D eigenvalue weighted by Gasteiger charge is -2.37. The average Bonchev–Trinajstić information content (AvgIpc) is 2.90. The molecule has 37 heavy (non-hydrogen) atoms. The number of hydrogen-bond donors (Lipinski definition) is 1. The maximum atomic E-state index is 13.7. The Balaban J connectivity index is 1.69. The fraction of sp³-hybridized carbons (Fsp3) is 0.438. The van der Waals surface area contributed by atoms with E-state index in [0.717, 1.165) is 77.3 Å². The van der Waals surface area contributed by atoms with Gasteiger partial charge in [0.05, 0.1) is 6.61 Å². The third kappa shape index (κ3) is 6.11. The summed E-state index contributed by atoms with van der Waals surface area (Å²) >= 11 is 0. The largest absolute Gasteiger partial charge is 0.392 e. The van der Waals surface area contributed by atoms with Crippen LogP contribution in [0.1, 0.15) is 67.9 Å². The van der Waals surface area contributed by atoms with Gasteiger partial charge < -0.3 is 14.7 Å². The summed E-state index contributed by atoms with van der Waals surface area (Å²) in [7, 11) is 0. The smallest absolute Gasteiger partial charge is 0.163 e. The average molecular weight is 502 g/mol. The zero-order valence-electron chi connectivity index (χ0n) is 22.5. The van der Waals surface area contributed by atoms with Crippen LogP contribution in [0.15, 0.2) is 59.7 Å². The maximum Gasteiger partial charge on any atom is 0.163 e. The van der Waals surface area contributed by atoms with Gasteiger partial charge in [-0.3, -0.25) is 9.59 Å². The van der Waals surface area contributed by atoms with Crippen LogP contribution >= 0.6 is 0 Å². The molecule has 2 aliphatic rings. The number of benzene rings is 2. The molecule has 1 heterocycles. The molecule has 0 aromatic heterocycles. The van der Waals surface area contributed by atoms with E-state index in [1.54, 1.807) is 6.08 Å². The minimum atomic E-state index is -0.226. The molecule has 0 amide bonds. The minimum absolute atomic E-state index is 0.00100. The molecule has 196 valence electrons. The van der Waals surface area contributed by atoms with Gasteiger partial charge in [-0.1, -0.05) is 35.9 Å². The summed E-state index contributed by atoms with van der Waals surface area (Å²) in [6.45, 7) is 10.5. The highest BCUT2D eigenvalue weighted by Crippen LogP contribution is 2.35. The van der Waals surface area contributed by atoms with Crippen molar-refractivity contribution in [2.45, 2.75) is 66.0 Å². The van der Waals surface area contributed by atoms with Crippen molar-refractivity contribution in [2.75, 3.05) is 24.7 Å². The zero-order chi connectivity index (χ0) is 26.5. The molecule has 0 radical (unpaired) electrons. The van der Waals surface area contributed by atoms with Crippen LogP contribution in [-0.4, -0.2) is 42.5 Å². The molecule has 1 fully saturated rings. The van der Waals surface area contributed by atoms with Crippen LogP contribution in [0, 0.1) is 12.8 Å². The normalized spacial score (nSPS) is 18.4. The molecule has 4 rings (SSSR count). The predicted octanol–water partition coefficient (Wildman–Crippen LogP) is 6.21. The van der Waals surface area contributed by atoms with Crippen molar-refractivity contribution in [1.82, 2.24) is 0 Å². The van der Waals surface area contributed by atoms with Crippen LogP contribution < -0.4 is 4.90 Å². The quantitative estimate of drug-likeness (QED) is 0.414. The van der Waals surface area contributed by atoms with Crippen LogP contribution in [0.4, 0.5) is 5.69 Å². The number of rotatable bonds is 9. The number of aliphatic hydroxyl groups is 1. The molecule has 5 nitrogen and oxygen atoms in total. The molecule has 1 N–H and O–H groups in total. The van der Waals surface area contributed by atoms with E-state index in [1.165, 1.54) is 0 Å². The molecular formula is C32H39NO4. The number of carbonyl (C=O) groups excluding carboxylic acids is 2. The number of carbonyl (C=O) groups is 2. The highest BCUT2D eigenvalue weighted by Gasteiger charge is 2.26. The molecule has 5 heteroatoms. The molecule has 0 spiro atoms. The Bertz CT molecular complexity index is 1200. The first-order valence-electron chi connectivity index (χ1n) is 13.4. The number of Topliss-reactive ketones (excluding diaryl/α,β-unsaturated/α-hetero) is 1. The van der Waals surface area contributed by atoms with Gasteiger partial charge in [0.2, 0.25) is 0 Å². The number of nitrogens with zero attached hydrogens (tertiary/aromatic N) is 1. The van der Waals surface area contributed by atoms with Crippen molar-refractivity contribution in [3.05, 3.63) is 76.4 Å². The van der Waals surface area contributed by atoms with Crippen LogP contribution in [0.5, 0.6) is 0 Å². The molecule has 1 saturated heterocycles. The molecule has 2 aromatic carbocycles. The van der Waals surface area contributed by atoms with Crippen LogP contribution in [0.2, 0.25) is 0 Å². The van der Waals surface area contributed by atoms with Crippen LogP contribution in [0.3, 0.4) is 0 Å². The van der Waals surface area contributed by atoms with Gasteiger partial charge >= 0.3 is 0 Å². The van der Waals surface area contributed by atoms with Gasteiger partial charge in [0.15, 0.2) is 11.6 Å². The van der Waals surface area contributed by atoms with Gasteiger partial charge in [-0.2, -0.15) is 0 Å². The fourth-order valence-corrected chi connectivity index (χ4v) is 5.71. The highest BCUT2D eigenvalue weighted by atomic mass is 16.5. The highest BCUT2D eigenvalue weighted by molar-refractivity contribution is 6.01. The summed E-state index contributed by atoms with van der Waals surface area (Å²) in [6, 6.07) is 12.4. The maximum absolute atomic E-state index is 13.7. The Kier molecular flexibility index (Phi) is 8.78. The van der Waals surface area contributed by atoms with Gasteiger partial charge in [-0.25, -0.2) is 0 Å². The Morgan fingerprint density at radius 3 is 2.35 bits per heavy atom. The van der Waals surface area contributed by atoms with E-state index in [-0.39, 0.29) is 24.1 Å². The Labute approximate surface area is 220 Å². The van der Waals surface area contributed by atoms with Gasteiger partial charge in [-0.15, -0.1) is 0 Å². The predicted molar refractivity (Wildman–Crippen MR) is 149 cm³/mol. The molecule has 1 unspecified atom stereocenters. The third-order valence-electron chi connectivity index (χ3n) is 7.81. The molecule has 2 aromatic rings. The lowest BCUT2D eigenvalue weighted by Crippen LogP contribution is -2.40. The van der Waals surface area contributed by atoms with Crippen LogP contribution in [0.25, 0.3) is 11.1 Å². The molecule has 0 saturated carbocycles. The van der Waals surface area contributed by atoms with Crippen molar-refractivity contribution < 1.29 is 19.4 Å². The van der Waals surface area contributed by atoms with E-state index in [1.807, 2.05) is 57.2 Å². The first kappa shape index (κ1) is 27.0. The number of ketones is 2. The summed E-state index contributed by atoms with van der Waals surface area (Å²) in [5, 5.41) is 9.47. The Morgan fingerprint density at radius 1 is 1.03 bits per heavy atom. The third-order valence-corrected chi connectivity index (χ3v) is 7.81. The van der Waals surface area contributed by atoms with Crippen molar-refractivity contribution in [2.24, 2.45) is 5.92 Å². The van der Waals surface area contributed by atoms with E-state index in [9.17, 15) is 14.7 Å². The van der Waals surface area contributed by atoms with E-state index in [0.29, 0.717) is 18.9 Å². The Hall–Kier alpha value is -3.02. The summed E-state index contributed by atoms with van der Waals surface area (Å²) in [6.07, 6.45) is 6.51. The topological polar surface area (TPSA) is 66.8 Å². The van der Waals surface area contributed by atoms with Gasteiger partial charge in [-0.05, 0) is 93.0 Å². The standard InChI is InChI=1S/C32H39NO4/c1-5-33(27-12-14-37-15-13-27)30-19-26(25-8-6-24(20-34)7-9-25)18-29(23(30)4)31(35)11-10-28-22(3)16-21(2)17-32(28)36/h6-9,16-19,27-28,34H,5,10-15,20H2,1-4H3. The SMILES string of the molecule is CCN(c1cc(-c2ccc(CO)cc2)cc(C(=O)CCC2C(=O)C=C(C)C=C2C)c1C)C1CCOCC1. The lowest BCUT2D eigenvalue weighted by molar-refractivity contribution is -0.117. The fourth-order valence-electron chi connectivity index (χ4n) is 5.71.